The Bertz CT molecular complexity index is 665. The lowest BCUT2D eigenvalue weighted by atomic mass is 9.98. The van der Waals surface area contributed by atoms with Crippen LogP contribution < -0.4 is 0 Å². The second kappa shape index (κ2) is 7.51. The molecule has 1 aromatic heterocycles. The molecule has 6 heteroatoms. The molecule has 0 radical (unpaired) electrons. The number of benzene rings is 1. The Morgan fingerprint density at radius 1 is 1.29 bits per heavy atom. The summed E-state index contributed by atoms with van der Waals surface area (Å²) in [6, 6.07) is 10.4. The van der Waals surface area contributed by atoms with Crippen LogP contribution in [0.2, 0.25) is 0 Å². The number of nitrogens with zero attached hydrogens (tertiary/aromatic N) is 4. The van der Waals surface area contributed by atoms with E-state index in [9.17, 15) is 4.79 Å². The molecule has 0 bridgehead atoms. The van der Waals surface area contributed by atoms with E-state index in [1.54, 1.807) is 11.9 Å². The van der Waals surface area contributed by atoms with E-state index in [1.165, 1.54) is 24.3 Å². The fourth-order valence-corrected chi connectivity index (χ4v) is 3.12. The average Bonchev–Trinajstić information content (AvgIpc) is 2.62. The first-order valence-electron chi connectivity index (χ1n) is 8.04. The van der Waals surface area contributed by atoms with Crippen molar-refractivity contribution in [2.45, 2.75) is 12.1 Å². The predicted octanol–water partition coefficient (Wildman–Crippen LogP) is 1.62. The monoisotopic (exact) mass is 326 g/mol. The minimum Gasteiger partial charge on any atom is -0.373 e. The van der Waals surface area contributed by atoms with Crippen molar-refractivity contribution in [2.75, 3.05) is 33.8 Å². The van der Waals surface area contributed by atoms with Crippen molar-refractivity contribution >= 4 is 5.91 Å². The number of ether oxygens (including phenoxy) is 1. The summed E-state index contributed by atoms with van der Waals surface area (Å²) in [5.41, 5.74) is 1.69. The zero-order valence-corrected chi connectivity index (χ0v) is 14.0. The second-order valence-electron chi connectivity index (χ2n) is 6.06. The molecule has 1 fully saturated rings. The van der Waals surface area contributed by atoms with Crippen LogP contribution in [0.4, 0.5) is 0 Å². The summed E-state index contributed by atoms with van der Waals surface area (Å²) in [5.74, 6) is -0.0979. The lowest BCUT2D eigenvalue weighted by molar-refractivity contribution is -0.0707. The maximum Gasteiger partial charge on any atom is 0.256 e. The normalized spacial score (nSPS) is 21.4. The van der Waals surface area contributed by atoms with Crippen molar-refractivity contribution in [1.29, 1.82) is 0 Å². The van der Waals surface area contributed by atoms with Crippen molar-refractivity contribution < 1.29 is 9.53 Å². The summed E-state index contributed by atoms with van der Waals surface area (Å²) in [5, 5.41) is 0. The molecule has 2 aromatic rings. The number of aromatic nitrogens is 2. The third-order valence-electron chi connectivity index (χ3n) is 4.35. The Labute approximate surface area is 142 Å². The quantitative estimate of drug-likeness (QED) is 0.854. The smallest absolute Gasteiger partial charge is 0.256 e. The van der Waals surface area contributed by atoms with Crippen LogP contribution >= 0.6 is 0 Å². The Morgan fingerprint density at radius 2 is 2.00 bits per heavy atom. The molecular weight excluding hydrogens is 304 g/mol. The zero-order chi connectivity index (χ0) is 16.9. The SMILES string of the molecule is CN(C[C@@H]1OCCN(C)[C@H]1c1ccccc1)C(=O)c1cncnc1. The van der Waals surface area contributed by atoms with Gasteiger partial charge in [-0.05, 0) is 12.6 Å². The number of morpholine rings is 1. The van der Waals surface area contributed by atoms with Gasteiger partial charge < -0.3 is 9.64 Å². The molecular formula is C18H22N4O2. The topological polar surface area (TPSA) is 58.6 Å². The third kappa shape index (κ3) is 3.60. The highest BCUT2D eigenvalue weighted by Crippen LogP contribution is 2.28. The molecule has 0 saturated carbocycles. The Morgan fingerprint density at radius 3 is 2.71 bits per heavy atom. The molecule has 1 amide bonds. The van der Waals surface area contributed by atoms with E-state index < -0.39 is 0 Å². The fourth-order valence-electron chi connectivity index (χ4n) is 3.12. The van der Waals surface area contributed by atoms with Crippen molar-refractivity contribution in [3.05, 3.63) is 60.2 Å². The summed E-state index contributed by atoms with van der Waals surface area (Å²) < 4.78 is 6.01. The van der Waals surface area contributed by atoms with E-state index in [4.69, 9.17) is 4.74 Å². The van der Waals surface area contributed by atoms with Crippen LogP contribution in [0.3, 0.4) is 0 Å². The standard InChI is InChI=1S/C18H22N4O2/c1-21-8-9-24-16(17(21)14-6-4-3-5-7-14)12-22(2)18(23)15-10-19-13-20-11-15/h3-7,10-11,13,16-17H,8-9,12H2,1-2H3/t16-,17-/m0/s1. The van der Waals surface area contributed by atoms with E-state index >= 15 is 0 Å². The lowest BCUT2D eigenvalue weighted by Gasteiger charge is -2.40. The molecule has 0 spiro atoms. The highest BCUT2D eigenvalue weighted by molar-refractivity contribution is 5.93. The van der Waals surface area contributed by atoms with Gasteiger partial charge in [0.05, 0.1) is 24.3 Å². The predicted molar refractivity (Wildman–Crippen MR) is 90.5 cm³/mol. The van der Waals surface area contributed by atoms with Gasteiger partial charge in [-0.3, -0.25) is 9.69 Å². The largest absolute Gasteiger partial charge is 0.373 e. The number of carbonyl (C=O) groups is 1. The molecule has 0 N–H and O–H groups in total. The molecule has 2 atom stereocenters. The van der Waals surface area contributed by atoms with Gasteiger partial charge in [0.1, 0.15) is 6.33 Å². The van der Waals surface area contributed by atoms with Crippen LogP contribution in [-0.4, -0.2) is 65.6 Å². The van der Waals surface area contributed by atoms with Crippen LogP contribution in [0.25, 0.3) is 0 Å². The van der Waals surface area contributed by atoms with Crippen LogP contribution in [0.5, 0.6) is 0 Å². The van der Waals surface area contributed by atoms with Gasteiger partial charge >= 0.3 is 0 Å². The van der Waals surface area contributed by atoms with Crippen molar-refractivity contribution in [1.82, 2.24) is 19.8 Å². The number of rotatable bonds is 4. The summed E-state index contributed by atoms with van der Waals surface area (Å²) >= 11 is 0. The first kappa shape index (κ1) is 16.5. The number of hydrogen-bond donors (Lipinski definition) is 0. The molecule has 6 nitrogen and oxygen atoms in total. The molecule has 0 aliphatic carbocycles. The van der Waals surface area contributed by atoms with Gasteiger partial charge in [0.15, 0.2) is 0 Å². The summed E-state index contributed by atoms with van der Waals surface area (Å²) in [6.07, 6.45) is 4.41. The zero-order valence-electron chi connectivity index (χ0n) is 14.0. The molecule has 3 rings (SSSR count). The minimum absolute atomic E-state index is 0.0790. The maximum atomic E-state index is 12.5. The van der Waals surface area contributed by atoms with Gasteiger partial charge in [-0.1, -0.05) is 30.3 Å². The summed E-state index contributed by atoms with van der Waals surface area (Å²) in [6.45, 7) is 2.05. The van der Waals surface area contributed by atoms with Crippen LogP contribution in [0, 0.1) is 0 Å². The highest BCUT2D eigenvalue weighted by Gasteiger charge is 2.33. The fraction of sp³-hybridized carbons (Fsp3) is 0.389. The third-order valence-corrected chi connectivity index (χ3v) is 4.35. The van der Waals surface area contributed by atoms with Crippen molar-refractivity contribution in [3.63, 3.8) is 0 Å². The van der Waals surface area contributed by atoms with E-state index in [1.807, 2.05) is 18.2 Å². The molecule has 2 heterocycles. The van der Waals surface area contributed by atoms with Gasteiger partial charge in [0.25, 0.3) is 5.91 Å². The Balaban J connectivity index is 1.75. The summed E-state index contributed by atoms with van der Waals surface area (Å²) in [4.78, 5) is 24.3. The molecule has 1 saturated heterocycles. The molecule has 24 heavy (non-hydrogen) atoms. The lowest BCUT2D eigenvalue weighted by Crippen LogP contribution is -2.48. The average molecular weight is 326 g/mol. The van der Waals surface area contributed by atoms with Gasteiger partial charge in [-0.2, -0.15) is 0 Å². The van der Waals surface area contributed by atoms with E-state index in [0.29, 0.717) is 18.7 Å². The van der Waals surface area contributed by atoms with Gasteiger partial charge in [-0.25, -0.2) is 9.97 Å². The number of carbonyl (C=O) groups excluding carboxylic acids is 1. The van der Waals surface area contributed by atoms with Crippen molar-refractivity contribution in [2.24, 2.45) is 0 Å². The van der Waals surface area contributed by atoms with Gasteiger partial charge in [0.2, 0.25) is 0 Å². The Hall–Kier alpha value is -2.31. The summed E-state index contributed by atoms with van der Waals surface area (Å²) in [7, 11) is 3.88. The molecule has 1 aliphatic heterocycles. The van der Waals surface area contributed by atoms with E-state index in [2.05, 4.69) is 34.0 Å². The maximum absolute atomic E-state index is 12.5. The second-order valence-corrected chi connectivity index (χ2v) is 6.06. The number of hydrogen-bond acceptors (Lipinski definition) is 5. The van der Waals surface area contributed by atoms with Crippen molar-refractivity contribution in [3.8, 4) is 0 Å². The number of likely N-dealkylation sites (N-methyl/N-ethyl adjacent to an activating group) is 2. The molecule has 126 valence electrons. The van der Waals surface area contributed by atoms with E-state index in [0.717, 1.165) is 6.54 Å². The minimum atomic E-state index is -0.0979. The molecule has 0 unspecified atom stereocenters. The Kier molecular flexibility index (Phi) is 5.17. The first-order chi connectivity index (χ1) is 11.7. The number of amides is 1. The highest BCUT2D eigenvalue weighted by atomic mass is 16.5. The molecule has 1 aromatic carbocycles. The first-order valence-corrected chi connectivity index (χ1v) is 8.04. The van der Waals surface area contributed by atoms with Crippen LogP contribution in [0.15, 0.2) is 49.1 Å². The van der Waals surface area contributed by atoms with Crippen LogP contribution in [0.1, 0.15) is 22.0 Å². The van der Waals surface area contributed by atoms with Gasteiger partial charge in [0, 0.05) is 32.5 Å². The molecule has 1 aliphatic rings. The van der Waals surface area contributed by atoms with Gasteiger partial charge in [-0.15, -0.1) is 0 Å². The van der Waals surface area contributed by atoms with E-state index in [-0.39, 0.29) is 18.1 Å². The van der Waals surface area contributed by atoms with Crippen LogP contribution in [-0.2, 0) is 4.74 Å².